The Bertz CT molecular complexity index is 536. The van der Waals surface area contributed by atoms with Gasteiger partial charge in [0.05, 0.1) is 11.2 Å². The normalized spacial score (nSPS) is 20.2. The zero-order valence-corrected chi connectivity index (χ0v) is 10.5. The van der Waals surface area contributed by atoms with Crippen LogP contribution in [0.3, 0.4) is 0 Å². The number of aryl methyl sites for hydroxylation is 2. The van der Waals surface area contributed by atoms with Crippen LogP contribution in [0.1, 0.15) is 36.5 Å². The van der Waals surface area contributed by atoms with E-state index in [4.69, 9.17) is 0 Å². The van der Waals surface area contributed by atoms with Crippen molar-refractivity contribution in [2.45, 2.75) is 32.6 Å². The molecule has 1 aliphatic rings. The summed E-state index contributed by atoms with van der Waals surface area (Å²) in [6.45, 7) is 6.51. The fourth-order valence-electron chi connectivity index (χ4n) is 2.86. The van der Waals surface area contributed by atoms with Crippen LogP contribution in [0.5, 0.6) is 0 Å². The number of nitrogens with zero attached hydrogens (tertiary/aromatic N) is 2. The van der Waals surface area contributed by atoms with Crippen molar-refractivity contribution in [1.29, 1.82) is 0 Å². The highest BCUT2D eigenvalue weighted by atomic mass is 15.0. The minimum Gasteiger partial charge on any atom is -0.316 e. The van der Waals surface area contributed by atoms with Crippen LogP contribution in [0.15, 0.2) is 18.2 Å². The summed E-state index contributed by atoms with van der Waals surface area (Å²) in [6, 6.07) is 6.59. The Morgan fingerprint density at radius 2 is 2.35 bits per heavy atom. The lowest BCUT2D eigenvalue weighted by molar-refractivity contribution is 0.708. The Labute approximate surface area is 102 Å². The quantitative estimate of drug-likeness (QED) is 0.856. The molecule has 3 heterocycles. The molecule has 0 aliphatic carbocycles. The first-order valence-corrected chi connectivity index (χ1v) is 6.48. The molecule has 90 valence electrons. The van der Waals surface area contributed by atoms with E-state index < -0.39 is 0 Å². The van der Waals surface area contributed by atoms with Gasteiger partial charge < -0.3 is 9.72 Å². The van der Waals surface area contributed by atoms with E-state index in [1.165, 1.54) is 23.5 Å². The summed E-state index contributed by atoms with van der Waals surface area (Å²) in [4.78, 5) is 4.68. The third kappa shape index (κ3) is 1.65. The predicted octanol–water partition coefficient (Wildman–Crippen LogP) is 2.28. The van der Waals surface area contributed by atoms with Gasteiger partial charge in [-0.2, -0.15) is 0 Å². The molecule has 1 fully saturated rings. The molecule has 0 bridgehead atoms. The van der Waals surface area contributed by atoms with Gasteiger partial charge in [0.25, 0.3) is 0 Å². The molecule has 3 nitrogen and oxygen atoms in total. The Balaban J connectivity index is 2.22. The number of imidazole rings is 1. The molecule has 3 rings (SSSR count). The second-order valence-corrected chi connectivity index (χ2v) is 4.83. The van der Waals surface area contributed by atoms with E-state index in [-0.39, 0.29) is 0 Å². The summed E-state index contributed by atoms with van der Waals surface area (Å²) in [7, 11) is 0. The number of pyridine rings is 1. The first kappa shape index (κ1) is 10.8. The number of nitrogens with one attached hydrogen (secondary N) is 1. The summed E-state index contributed by atoms with van der Waals surface area (Å²) < 4.78 is 2.37. The second kappa shape index (κ2) is 4.15. The number of aromatic nitrogens is 2. The summed E-state index contributed by atoms with van der Waals surface area (Å²) in [5, 5.41) is 3.45. The molecule has 0 radical (unpaired) electrons. The summed E-state index contributed by atoms with van der Waals surface area (Å²) in [6.07, 6.45) is 2.23. The summed E-state index contributed by atoms with van der Waals surface area (Å²) >= 11 is 0. The van der Waals surface area contributed by atoms with Crippen LogP contribution in [0.4, 0.5) is 0 Å². The van der Waals surface area contributed by atoms with Crippen molar-refractivity contribution in [1.82, 2.24) is 14.7 Å². The number of rotatable bonds is 2. The van der Waals surface area contributed by atoms with Gasteiger partial charge in [-0.15, -0.1) is 0 Å². The van der Waals surface area contributed by atoms with E-state index in [9.17, 15) is 0 Å². The van der Waals surface area contributed by atoms with Gasteiger partial charge in [0.15, 0.2) is 0 Å². The van der Waals surface area contributed by atoms with Crippen LogP contribution in [0.25, 0.3) is 5.52 Å². The van der Waals surface area contributed by atoms with Crippen molar-refractivity contribution in [2.75, 3.05) is 13.1 Å². The van der Waals surface area contributed by atoms with Gasteiger partial charge in [0.1, 0.15) is 5.82 Å². The van der Waals surface area contributed by atoms with Crippen LogP contribution in [-0.4, -0.2) is 22.5 Å². The minimum absolute atomic E-state index is 0.637. The van der Waals surface area contributed by atoms with Crippen molar-refractivity contribution in [3.05, 3.63) is 35.4 Å². The molecule has 3 heteroatoms. The molecule has 2 aromatic rings. The van der Waals surface area contributed by atoms with Crippen molar-refractivity contribution < 1.29 is 0 Å². The molecule has 1 saturated heterocycles. The summed E-state index contributed by atoms with van der Waals surface area (Å²) in [5.74, 6) is 1.83. The number of fused-ring (bicyclic) bond motifs is 1. The van der Waals surface area contributed by atoms with Crippen molar-refractivity contribution >= 4 is 5.52 Å². The van der Waals surface area contributed by atoms with Crippen molar-refractivity contribution in [3.8, 4) is 0 Å². The summed E-state index contributed by atoms with van der Waals surface area (Å²) in [5.41, 5.74) is 3.84. The first-order valence-electron chi connectivity index (χ1n) is 6.48. The number of hydrogen-bond donors (Lipinski definition) is 1. The maximum absolute atomic E-state index is 4.68. The molecule has 0 aromatic carbocycles. The van der Waals surface area contributed by atoms with E-state index in [0.29, 0.717) is 5.92 Å². The molecule has 17 heavy (non-hydrogen) atoms. The zero-order chi connectivity index (χ0) is 11.8. The van der Waals surface area contributed by atoms with E-state index in [1.54, 1.807) is 0 Å². The Hall–Kier alpha value is -1.35. The third-order valence-electron chi connectivity index (χ3n) is 3.74. The van der Waals surface area contributed by atoms with E-state index >= 15 is 0 Å². The molecule has 0 amide bonds. The number of hydrogen-bond acceptors (Lipinski definition) is 2. The highest BCUT2D eigenvalue weighted by molar-refractivity contribution is 5.54. The van der Waals surface area contributed by atoms with Gasteiger partial charge in [-0.3, -0.25) is 0 Å². The average Bonchev–Trinajstić information content (AvgIpc) is 2.97. The van der Waals surface area contributed by atoms with Gasteiger partial charge in [-0.05, 0) is 32.0 Å². The van der Waals surface area contributed by atoms with Gasteiger partial charge >= 0.3 is 0 Å². The van der Waals surface area contributed by atoms with Crippen LogP contribution in [0.2, 0.25) is 0 Å². The Kier molecular flexibility index (Phi) is 2.63. The predicted molar refractivity (Wildman–Crippen MR) is 69.5 cm³/mol. The molecule has 0 spiro atoms. The molecule has 2 aromatic heterocycles. The van der Waals surface area contributed by atoms with E-state index in [2.05, 4.69) is 46.7 Å². The van der Waals surface area contributed by atoms with Crippen LogP contribution in [-0.2, 0) is 6.42 Å². The Morgan fingerprint density at radius 3 is 3.06 bits per heavy atom. The zero-order valence-electron chi connectivity index (χ0n) is 10.5. The standard InChI is InChI=1S/C14H19N3/c1-3-14-16-10(2)12-5-4-6-13(17(12)14)11-7-8-15-9-11/h4-6,11,15H,3,7-9H2,1-2H3. The monoisotopic (exact) mass is 229 g/mol. The van der Waals surface area contributed by atoms with Gasteiger partial charge in [0, 0.05) is 24.6 Å². The lowest BCUT2D eigenvalue weighted by atomic mass is 10.0. The van der Waals surface area contributed by atoms with Gasteiger partial charge in [-0.1, -0.05) is 13.0 Å². The maximum atomic E-state index is 4.68. The van der Waals surface area contributed by atoms with Crippen LogP contribution >= 0.6 is 0 Å². The molecule has 1 N–H and O–H groups in total. The SMILES string of the molecule is CCc1nc(C)c2cccc(C3CCNC3)n12. The first-order chi connectivity index (χ1) is 8.31. The molecule has 1 aliphatic heterocycles. The lowest BCUT2D eigenvalue weighted by Gasteiger charge is -2.13. The van der Waals surface area contributed by atoms with Crippen LogP contribution < -0.4 is 5.32 Å². The molecule has 1 unspecified atom stereocenters. The topological polar surface area (TPSA) is 29.3 Å². The molecule has 0 saturated carbocycles. The molecule has 1 atom stereocenters. The van der Waals surface area contributed by atoms with Crippen molar-refractivity contribution in [2.24, 2.45) is 0 Å². The fraction of sp³-hybridized carbons (Fsp3) is 0.500. The second-order valence-electron chi connectivity index (χ2n) is 4.83. The largest absolute Gasteiger partial charge is 0.316 e. The maximum Gasteiger partial charge on any atom is 0.113 e. The van der Waals surface area contributed by atoms with E-state index in [1.807, 2.05) is 0 Å². The van der Waals surface area contributed by atoms with Gasteiger partial charge in [-0.25, -0.2) is 4.98 Å². The third-order valence-corrected chi connectivity index (χ3v) is 3.74. The minimum atomic E-state index is 0.637. The fourth-order valence-corrected chi connectivity index (χ4v) is 2.86. The lowest BCUT2D eigenvalue weighted by Crippen LogP contribution is -2.11. The highest BCUT2D eigenvalue weighted by Crippen LogP contribution is 2.25. The Morgan fingerprint density at radius 1 is 1.47 bits per heavy atom. The average molecular weight is 229 g/mol. The molecular weight excluding hydrogens is 210 g/mol. The highest BCUT2D eigenvalue weighted by Gasteiger charge is 2.20. The van der Waals surface area contributed by atoms with Crippen LogP contribution in [0, 0.1) is 6.92 Å². The smallest absolute Gasteiger partial charge is 0.113 e. The van der Waals surface area contributed by atoms with Crippen molar-refractivity contribution in [3.63, 3.8) is 0 Å². The molecular formula is C14H19N3. The van der Waals surface area contributed by atoms with E-state index in [0.717, 1.165) is 25.2 Å². The van der Waals surface area contributed by atoms with Gasteiger partial charge in [0.2, 0.25) is 0 Å².